The summed E-state index contributed by atoms with van der Waals surface area (Å²) in [4.78, 5) is 23.2. The maximum atomic E-state index is 12.9. The molecule has 0 atom stereocenters. The zero-order chi connectivity index (χ0) is 16.4. The molecule has 0 N–H and O–H groups in total. The quantitative estimate of drug-likeness (QED) is 0.833. The van der Waals surface area contributed by atoms with E-state index in [-0.39, 0.29) is 24.2 Å². The molecule has 9 heteroatoms. The summed E-state index contributed by atoms with van der Waals surface area (Å²) in [6, 6.07) is 0.866. The average Bonchev–Trinajstić information content (AvgIpc) is 2.36. The van der Waals surface area contributed by atoms with E-state index in [0.29, 0.717) is 0 Å². The SMILES string of the molecule is CN(C)C(=O)CN(C)c1nc(N(C)C)cc(C(F)(F)F)n1. The van der Waals surface area contributed by atoms with Crippen LogP contribution in [0.1, 0.15) is 5.69 Å². The summed E-state index contributed by atoms with van der Waals surface area (Å²) in [5.74, 6) is -0.287. The molecule has 0 aliphatic heterocycles. The van der Waals surface area contributed by atoms with Crippen LogP contribution in [0.3, 0.4) is 0 Å². The lowest BCUT2D eigenvalue weighted by atomic mass is 10.3. The van der Waals surface area contributed by atoms with Crippen molar-refractivity contribution in [2.45, 2.75) is 6.18 Å². The van der Waals surface area contributed by atoms with Crippen LogP contribution < -0.4 is 9.80 Å². The number of hydrogen-bond acceptors (Lipinski definition) is 5. The molecule has 1 amide bonds. The van der Waals surface area contributed by atoms with Crippen molar-refractivity contribution in [1.82, 2.24) is 14.9 Å². The Morgan fingerprint density at radius 3 is 2.14 bits per heavy atom. The number of nitrogens with zero attached hydrogens (tertiary/aromatic N) is 5. The lowest BCUT2D eigenvalue weighted by Gasteiger charge is -2.22. The molecular weight excluding hydrogens is 287 g/mol. The fourth-order valence-corrected chi connectivity index (χ4v) is 1.38. The normalized spacial score (nSPS) is 11.2. The molecule has 0 spiro atoms. The number of halogens is 3. The molecule has 0 radical (unpaired) electrons. The fraction of sp³-hybridized carbons (Fsp3) is 0.583. The van der Waals surface area contributed by atoms with Crippen LogP contribution in [-0.2, 0) is 11.0 Å². The third-order valence-electron chi connectivity index (χ3n) is 2.66. The smallest absolute Gasteiger partial charge is 0.363 e. The molecule has 6 nitrogen and oxygen atoms in total. The first-order chi connectivity index (χ1) is 9.52. The number of anilines is 2. The second-order valence-electron chi connectivity index (χ2n) is 4.95. The van der Waals surface area contributed by atoms with Crippen molar-refractivity contribution in [3.8, 4) is 0 Å². The Kier molecular flexibility index (Phi) is 4.97. The highest BCUT2D eigenvalue weighted by Crippen LogP contribution is 2.30. The zero-order valence-electron chi connectivity index (χ0n) is 12.6. The Morgan fingerprint density at radius 2 is 1.71 bits per heavy atom. The van der Waals surface area contributed by atoms with Crippen molar-refractivity contribution in [3.63, 3.8) is 0 Å². The number of amides is 1. The maximum Gasteiger partial charge on any atom is 0.433 e. The largest absolute Gasteiger partial charge is 0.433 e. The van der Waals surface area contributed by atoms with E-state index in [0.717, 1.165) is 6.07 Å². The third-order valence-corrected chi connectivity index (χ3v) is 2.66. The standard InChI is InChI=1S/C12H18F3N5O/c1-18(2)9-6-8(12(13,14)15)16-11(17-9)20(5)7-10(21)19(3)4/h6H,7H2,1-5H3. The van der Waals surface area contributed by atoms with Gasteiger partial charge in [-0.05, 0) is 0 Å². The van der Waals surface area contributed by atoms with Crippen LogP contribution in [0.4, 0.5) is 24.9 Å². The first kappa shape index (κ1) is 17.0. The van der Waals surface area contributed by atoms with Gasteiger partial charge >= 0.3 is 6.18 Å². The molecule has 0 fully saturated rings. The Bertz CT molecular complexity index is 516. The monoisotopic (exact) mass is 305 g/mol. The molecular formula is C12H18F3N5O. The number of likely N-dealkylation sites (N-methyl/N-ethyl adjacent to an activating group) is 2. The van der Waals surface area contributed by atoms with Crippen molar-refractivity contribution >= 4 is 17.7 Å². The van der Waals surface area contributed by atoms with Gasteiger partial charge in [0.15, 0.2) is 5.69 Å². The zero-order valence-corrected chi connectivity index (χ0v) is 12.6. The molecule has 1 heterocycles. The number of carbonyl (C=O) groups excluding carboxylic acids is 1. The number of aromatic nitrogens is 2. The summed E-state index contributed by atoms with van der Waals surface area (Å²) < 4.78 is 38.6. The molecule has 1 aromatic heterocycles. The van der Waals surface area contributed by atoms with Crippen LogP contribution in [0.15, 0.2) is 6.07 Å². The van der Waals surface area contributed by atoms with E-state index in [1.807, 2.05) is 0 Å². The highest BCUT2D eigenvalue weighted by molar-refractivity contribution is 5.80. The maximum absolute atomic E-state index is 12.9. The fourth-order valence-electron chi connectivity index (χ4n) is 1.38. The van der Waals surface area contributed by atoms with E-state index in [9.17, 15) is 18.0 Å². The average molecular weight is 305 g/mol. The van der Waals surface area contributed by atoms with Gasteiger partial charge in [0.1, 0.15) is 5.82 Å². The van der Waals surface area contributed by atoms with Gasteiger partial charge in [-0.2, -0.15) is 18.2 Å². The lowest BCUT2D eigenvalue weighted by Crippen LogP contribution is -2.35. The van der Waals surface area contributed by atoms with Crippen LogP contribution in [0, 0.1) is 0 Å². The minimum Gasteiger partial charge on any atom is -0.363 e. The molecule has 118 valence electrons. The van der Waals surface area contributed by atoms with Gasteiger partial charge in [0.05, 0.1) is 6.54 Å². The van der Waals surface area contributed by atoms with Crippen LogP contribution in [-0.4, -0.2) is 62.6 Å². The van der Waals surface area contributed by atoms with Crippen LogP contribution in [0.25, 0.3) is 0 Å². The van der Waals surface area contributed by atoms with Gasteiger partial charge in [0, 0.05) is 41.3 Å². The predicted octanol–water partition coefficient (Wildman–Crippen LogP) is 1.09. The van der Waals surface area contributed by atoms with Crippen molar-refractivity contribution in [1.29, 1.82) is 0 Å². The summed E-state index contributed by atoms with van der Waals surface area (Å²) in [6.45, 7) is -0.110. The second-order valence-corrected chi connectivity index (χ2v) is 4.95. The van der Waals surface area contributed by atoms with E-state index >= 15 is 0 Å². The number of rotatable bonds is 4. The van der Waals surface area contributed by atoms with Crippen molar-refractivity contribution < 1.29 is 18.0 Å². The number of hydrogen-bond donors (Lipinski definition) is 0. The van der Waals surface area contributed by atoms with Crippen LogP contribution >= 0.6 is 0 Å². The third kappa shape index (κ3) is 4.47. The predicted molar refractivity (Wildman–Crippen MR) is 73.3 cm³/mol. The first-order valence-electron chi connectivity index (χ1n) is 6.07. The number of alkyl halides is 3. The summed E-state index contributed by atoms with van der Waals surface area (Å²) in [7, 11) is 7.76. The minimum atomic E-state index is -4.57. The molecule has 0 aromatic carbocycles. The molecule has 0 bridgehead atoms. The van der Waals surface area contributed by atoms with Crippen molar-refractivity contribution in [2.24, 2.45) is 0 Å². The van der Waals surface area contributed by atoms with Gasteiger partial charge in [-0.3, -0.25) is 4.79 Å². The van der Waals surface area contributed by atoms with Crippen molar-refractivity contribution in [2.75, 3.05) is 51.6 Å². The highest BCUT2D eigenvalue weighted by atomic mass is 19.4. The van der Waals surface area contributed by atoms with Gasteiger partial charge in [0.25, 0.3) is 0 Å². The van der Waals surface area contributed by atoms with Gasteiger partial charge in [-0.15, -0.1) is 0 Å². The summed E-state index contributed by atoms with van der Waals surface area (Å²) in [6.07, 6.45) is -4.57. The molecule has 1 rings (SSSR count). The van der Waals surface area contributed by atoms with Gasteiger partial charge in [0.2, 0.25) is 11.9 Å². The van der Waals surface area contributed by atoms with E-state index in [1.54, 1.807) is 28.2 Å². The minimum absolute atomic E-state index is 0.110. The lowest BCUT2D eigenvalue weighted by molar-refractivity contribution is -0.141. The summed E-state index contributed by atoms with van der Waals surface area (Å²) >= 11 is 0. The van der Waals surface area contributed by atoms with E-state index in [1.165, 1.54) is 21.7 Å². The van der Waals surface area contributed by atoms with Crippen molar-refractivity contribution in [3.05, 3.63) is 11.8 Å². The Hall–Kier alpha value is -2.06. The van der Waals surface area contributed by atoms with Crippen LogP contribution in [0.5, 0.6) is 0 Å². The molecule has 0 unspecified atom stereocenters. The Labute approximate surface area is 121 Å². The number of carbonyl (C=O) groups is 1. The molecule has 1 aromatic rings. The summed E-state index contributed by atoms with van der Waals surface area (Å²) in [5, 5.41) is 0. The molecule has 21 heavy (non-hydrogen) atoms. The molecule has 0 saturated carbocycles. The van der Waals surface area contributed by atoms with E-state index in [4.69, 9.17) is 0 Å². The second kappa shape index (κ2) is 6.15. The molecule has 0 aliphatic carbocycles. The van der Waals surface area contributed by atoms with Gasteiger partial charge in [-0.25, -0.2) is 4.98 Å². The Balaban J connectivity index is 3.16. The van der Waals surface area contributed by atoms with E-state index < -0.39 is 11.9 Å². The molecule has 0 saturated heterocycles. The van der Waals surface area contributed by atoms with Gasteiger partial charge in [-0.1, -0.05) is 0 Å². The first-order valence-corrected chi connectivity index (χ1v) is 6.07. The molecule has 0 aliphatic rings. The van der Waals surface area contributed by atoms with Gasteiger partial charge < -0.3 is 14.7 Å². The highest BCUT2D eigenvalue weighted by Gasteiger charge is 2.34. The van der Waals surface area contributed by atoms with E-state index in [2.05, 4.69) is 9.97 Å². The summed E-state index contributed by atoms with van der Waals surface area (Å²) in [5.41, 5.74) is -1.04. The Morgan fingerprint density at radius 1 is 1.14 bits per heavy atom. The van der Waals surface area contributed by atoms with Crippen LogP contribution in [0.2, 0.25) is 0 Å². The topological polar surface area (TPSA) is 52.6 Å².